The van der Waals surface area contributed by atoms with Crippen molar-refractivity contribution in [3.63, 3.8) is 0 Å². The SMILES string of the molecule is Nc1ncnc2c1ncn2C1OC(COP(=O)(O)OP(=O)(O)OP(=O)(O)OP(=O)(O)C(OP(=O)([O-])O)C2OC(n3cnc4c(N)ncnc43)C(O)C2O)C(O)C1O. The van der Waals surface area contributed by atoms with Gasteiger partial charge in [-0.05, 0) is 0 Å². The molecule has 32 nitrogen and oxygen atoms in total. The van der Waals surface area contributed by atoms with E-state index in [0.717, 1.165) is 34.4 Å². The van der Waals surface area contributed by atoms with Crippen molar-refractivity contribution in [3.8, 4) is 0 Å². The van der Waals surface area contributed by atoms with E-state index in [0.29, 0.717) is 0 Å². The molecule has 0 radical (unpaired) electrons. The second-order valence-corrected chi connectivity index (χ2v) is 19.5. The van der Waals surface area contributed by atoms with Crippen LogP contribution in [0.3, 0.4) is 0 Å². The van der Waals surface area contributed by atoms with Crippen LogP contribution in [0.15, 0.2) is 25.3 Å². The molecule has 2 fully saturated rings. The molecule has 14 unspecified atom stereocenters. The average Bonchev–Trinajstić information content (AvgIpc) is 3.83. The van der Waals surface area contributed by atoms with E-state index in [1.54, 1.807) is 0 Å². The highest BCUT2D eigenvalue weighted by Gasteiger charge is 2.58. The van der Waals surface area contributed by atoms with Crippen LogP contribution in [0.1, 0.15) is 12.5 Å². The smallest absolute Gasteiger partial charge is 0.490 e. The number of ether oxygens (including phenoxy) is 2. The normalized spacial score (nSPS) is 31.3. The van der Waals surface area contributed by atoms with E-state index < -0.39 is 100 Å². The molecule has 6 rings (SSSR count). The number of nitrogens with zero attached hydrogens (tertiary/aromatic N) is 8. The topological polar surface area (TPSA) is 494 Å². The van der Waals surface area contributed by atoms with Crippen LogP contribution in [0.4, 0.5) is 11.6 Å². The predicted octanol–water partition coefficient (Wildman–Crippen LogP) is -3.57. The Labute approximate surface area is 314 Å². The number of imidazole rings is 2. The van der Waals surface area contributed by atoms with Crippen molar-refractivity contribution in [1.29, 1.82) is 0 Å². The fraction of sp³-hybridized carbons (Fsp3) is 0.500. The van der Waals surface area contributed by atoms with Gasteiger partial charge in [-0.2, -0.15) is 8.62 Å². The third kappa shape index (κ3) is 9.33. The molecular weight excluding hydrogens is 887 g/mol. The molecule has 0 amide bonds. The van der Waals surface area contributed by atoms with Crippen molar-refractivity contribution in [2.75, 3.05) is 18.1 Å². The zero-order valence-corrected chi connectivity index (χ0v) is 32.0. The zero-order chi connectivity index (χ0) is 42.0. The maximum Gasteiger partial charge on any atom is 0.490 e. The monoisotopic (exact) mass is 915 g/mol. The van der Waals surface area contributed by atoms with Gasteiger partial charge in [-0.3, -0.25) is 27.3 Å². The van der Waals surface area contributed by atoms with Gasteiger partial charge in [0.1, 0.15) is 60.3 Å². The van der Waals surface area contributed by atoms with Crippen LogP contribution < -0.4 is 16.4 Å². The molecule has 2 aliphatic heterocycles. The lowest BCUT2D eigenvalue weighted by Gasteiger charge is -2.32. The maximum absolute atomic E-state index is 13.3. The molecule has 0 aliphatic carbocycles. The number of anilines is 2. The summed E-state index contributed by atoms with van der Waals surface area (Å²) in [5, 5.41) is 42.3. The molecular formula is C20H28N10O22P5-. The van der Waals surface area contributed by atoms with E-state index in [1.165, 1.54) is 0 Å². The van der Waals surface area contributed by atoms with Crippen molar-refractivity contribution in [3.05, 3.63) is 25.3 Å². The van der Waals surface area contributed by atoms with Gasteiger partial charge in [0.15, 0.2) is 41.2 Å². The number of aliphatic hydroxyl groups excluding tert-OH is 4. The largest absolute Gasteiger partial charge is 0.756 e. The highest BCUT2D eigenvalue weighted by Crippen LogP contribution is 2.73. The summed E-state index contributed by atoms with van der Waals surface area (Å²) in [6.45, 7) is -1.20. The van der Waals surface area contributed by atoms with Gasteiger partial charge in [0.25, 0.3) is 7.82 Å². The number of aromatic nitrogens is 8. The number of fused-ring (bicyclic) bond motifs is 2. The number of hydrogen-bond acceptors (Lipinski definition) is 25. The molecule has 57 heavy (non-hydrogen) atoms. The van der Waals surface area contributed by atoms with Gasteiger partial charge in [0.2, 0.25) is 0 Å². The lowest BCUT2D eigenvalue weighted by molar-refractivity contribution is -0.226. The number of rotatable bonds is 15. The zero-order valence-electron chi connectivity index (χ0n) is 27.5. The fourth-order valence-electron chi connectivity index (χ4n) is 5.48. The van der Waals surface area contributed by atoms with Crippen LogP contribution in [-0.4, -0.2) is 133 Å². The summed E-state index contributed by atoms with van der Waals surface area (Å²) in [5.74, 6) is -3.51. The van der Waals surface area contributed by atoms with E-state index in [-0.39, 0.29) is 34.0 Å². The number of phosphoric ester groups is 2. The van der Waals surface area contributed by atoms with Crippen molar-refractivity contribution >= 4 is 72.9 Å². The molecule has 14 atom stereocenters. The average molecular weight is 915 g/mol. The number of nitrogen functional groups attached to an aromatic ring is 2. The summed E-state index contributed by atoms with van der Waals surface area (Å²) in [4.78, 5) is 84.8. The molecule has 0 saturated carbocycles. The summed E-state index contributed by atoms with van der Waals surface area (Å²) >= 11 is 0. The number of phosphoric acid groups is 4. The first-order chi connectivity index (χ1) is 26.3. The molecule has 4 aromatic rings. The quantitative estimate of drug-likeness (QED) is 0.0514. The molecule has 0 aromatic carbocycles. The van der Waals surface area contributed by atoms with Crippen molar-refractivity contribution in [1.82, 2.24) is 39.0 Å². The molecule has 37 heteroatoms. The van der Waals surface area contributed by atoms with E-state index in [1.807, 2.05) is 0 Å². The maximum atomic E-state index is 13.3. The Balaban J connectivity index is 1.12. The van der Waals surface area contributed by atoms with Crippen molar-refractivity contribution in [2.45, 2.75) is 54.9 Å². The van der Waals surface area contributed by atoms with E-state index >= 15 is 0 Å². The van der Waals surface area contributed by atoms with Crippen molar-refractivity contribution < 1.29 is 104 Å². The Hall–Kier alpha value is -2.83. The Morgan fingerprint density at radius 1 is 0.684 bits per heavy atom. The molecule has 2 aliphatic rings. The van der Waals surface area contributed by atoms with Gasteiger partial charge in [0, 0.05) is 0 Å². The minimum Gasteiger partial charge on any atom is -0.756 e. The lowest BCUT2D eigenvalue weighted by Crippen LogP contribution is -2.40. The Kier molecular flexibility index (Phi) is 12.0. The van der Waals surface area contributed by atoms with Gasteiger partial charge < -0.3 is 70.7 Å². The Morgan fingerprint density at radius 2 is 1.16 bits per heavy atom. The summed E-state index contributed by atoms with van der Waals surface area (Å²) < 4.78 is 95.7. The summed E-state index contributed by atoms with van der Waals surface area (Å²) in [6, 6.07) is 0. The van der Waals surface area contributed by atoms with Crippen LogP contribution in [-0.2, 0) is 54.3 Å². The third-order valence-corrected chi connectivity index (χ3v) is 15.1. The second kappa shape index (κ2) is 15.6. The lowest BCUT2D eigenvalue weighted by atomic mass is 10.1. The van der Waals surface area contributed by atoms with Gasteiger partial charge >= 0.3 is 31.1 Å². The van der Waals surface area contributed by atoms with Gasteiger partial charge in [-0.25, -0.2) is 47.9 Å². The first-order valence-corrected chi connectivity index (χ1v) is 22.6. The van der Waals surface area contributed by atoms with Gasteiger partial charge in [-0.1, -0.05) is 0 Å². The highest BCUT2D eigenvalue weighted by molar-refractivity contribution is 7.70. The number of aliphatic hydroxyl groups is 4. The van der Waals surface area contributed by atoms with E-state index in [9.17, 15) is 72.6 Å². The van der Waals surface area contributed by atoms with E-state index in [2.05, 4.69) is 51.9 Å². The predicted molar refractivity (Wildman–Crippen MR) is 175 cm³/mol. The number of nitrogens with two attached hydrogens (primary N) is 2. The summed E-state index contributed by atoms with van der Waals surface area (Å²) in [6.07, 6.45) is -11.9. The molecule has 316 valence electrons. The van der Waals surface area contributed by atoms with Crippen LogP contribution >= 0.6 is 38.9 Å². The summed E-state index contributed by atoms with van der Waals surface area (Å²) in [7, 11) is -31.6. The minimum absolute atomic E-state index is 0.0349. The van der Waals surface area contributed by atoms with Crippen molar-refractivity contribution in [2.24, 2.45) is 0 Å². The molecule has 0 spiro atoms. The first kappa shape index (κ1) is 43.7. The van der Waals surface area contributed by atoms with Crippen LogP contribution in [0.5, 0.6) is 0 Å². The highest BCUT2D eigenvalue weighted by atomic mass is 31.3. The fourth-order valence-corrected chi connectivity index (χ4v) is 12.3. The second-order valence-electron chi connectivity index (χ2n) is 11.7. The molecule has 13 N–H and O–H groups in total. The molecule has 6 heterocycles. The third-order valence-electron chi connectivity index (χ3n) is 7.81. The standard InChI is InChI=1S/C20H29N10O22P5/c21-14-7-16(25-2-23-14)29(4-27-7)18-11(33)9(31)6(47-18)1-46-55(40,41)51-57(44,45)52-56(42,43)50-53(35,36)20(49-54(37,38)39)13-10(32)12(34)19(48-13)30-5-28-8-15(22)24-3-26-17(8)30/h2-6,9-13,18-20,31-34H,1H2,(H,35,36)(H,40,41)(H,42,43)(H,44,45)(H2,21,23,25)(H2,22,24,26)(H2,37,38,39)/p-1. The Morgan fingerprint density at radius 3 is 1.68 bits per heavy atom. The van der Waals surface area contributed by atoms with E-state index in [4.69, 9.17) is 20.9 Å². The first-order valence-electron chi connectivity index (χ1n) is 15.0. The number of hydrogen-bond donors (Lipinski definition) is 11. The molecule has 0 bridgehead atoms. The van der Waals surface area contributed by atoms with Gasteiger partial charge in [-0.15, -0.1) is 0 Å². The van der Waals surface area contributed by atoms with Crippen LogP contribution in [0.25, 0.3) is 22.3 Å². The Bertz CT molecular complexity index is 2400. The van der Waals surface area contributed by atoms with Gasteiger partial charge in [0.05, 0.1) is 19.3 Å². The molecule has 4 aromatic heterocycles. The van der Waals surface area contributed by atoms with Crippen LogP contribution in [0, 0.1) is 0 Å². The van der Waals surface area contributed by atoms with Crippen LogP contribution in [0.2, 0.25) is 0 Å². The molecule has 2 saturated heterocycles. The minimum atomic E-state index is -6.60. The summed E-state index contributed by atoms with van der Waals surface area (Å²) in [5.41, 5.74) is 11.3.